The molecule has 1 aliphatic rings. The summed E-state index contributed by atoms with van der Waals surface area (Å²) in [6.07, 6.45) is 0.417. The summed E-state index contributed by atoms with van der Waals surface area (Å²) in [6, 6.07) is 24.4. The smallest absolute Gasteiger partial charge is 0.338 e. The molecule has 0 aromatic heterocycles. The Balaban J connectivity index is 1.56. The molecule has 2 N–H and O–H groups in total. The standard InChI is InChI=1S/C27H27NO4/c1-26(2,21-9-5-3-6-10-21)17-27(31,22-11-7-4-8-12-22)18-28-24(29)19-13-14-23-20(15-19)16-32-25(23)30/h3-15,31H,16-18H2,1-2H3,(H,28,29). The molecule has 164 valence electrons. The van der Waals surface area contributed by atoms with Crippen molar-refractivity contribution >= 4 is 11.9 Å². The van der Waals surface area contributed by atoms with Crippen molar-refractivity contribution in [1.29, 1.82) is 0 Å². The largest absolute Gasteiger partial charge is 0.457 e. The number of amides is 1. The maximum absolute atomic E-state index is 12.9. The molecule has 3 aromatic carbocycles. The monoisotopic (exact) mass is 429 g/mol. The molecule has 1 aliphatic heterocycles. The van der Waals surface area contributed by atoms with Crippen LogP contribution in [-0.2, 0) is 22.4 Å². The van der Waals surface area contributed by atoms with E-state index in [0.717, 1.165) is 11.1 Å². The number of cyclic esters (lactones) is 1. The van der Waals surface area contributed by atoms with Crippen LogP contribution in [0, 0.1) is 0 Å². The van der Waals surface area contributed by atoms with Crippen LogP contribution in [0.25, 0.3) is 0 Å². The first-order valence-corrected chi connectivity index (χ1v) is 10.7. The van der Waals surface area contributed by atoms with Crippen molar-refractivity contribution in [1.82, 2.24) is 5.32 Å². The van der Waals surface area contributed by atoms with E-state index in [4.69, 9.17) is 4.74 Å². The molecule has 5 nitrogen and oxygen atoms in total. The lowest BCUT2D eigenvalue weighted by Gasteiger charge is -2.37. The van der Waals surface area contributed by atoms with Gasteiger partial charge >= 0.3 is 5.97 Å². The fraction of sp³-hybridized carbons (Fsp3) is 0.259. The summed E-state index contributed by atoms with van der Waals surface area (Å²) >= 11 is 0. The Morgan fingerprint density at radius 3 is 2.25 bits per heavy atom. The maximum atomic E-state index is 12.9. The molecular formula is C27H27NO4. The quantitative estimate of drug-likeness (QED) is 0.548. The topological polar surface area (TPSA) is 75.6 Å². The fourth-order valence-electron chi connectivity index (χ4n) is 4.34. The van der Waals surface area contributed by atoms with Crippen LogP contribution in [0.3, 0.4) is 0 Å². The number of esters is 1. The zero-order chi connectivity index (χ0) is 22.8. The summed E-state index contributed by atoms with van der Waals surface area (Å²) in [5.41, 5.74) is 1.88. The van der Waals surface area contributed by atoms with Crippen molar-refractivity contribution in [3.05, 3.63) is 107 Å². The summed E-state index contributed by atoms with van der Waals surface area (Å²) in [6.45, 7) is 4.41. The Hall–Kier alpha value is -3.44. The number of fused-ring (bicyclic) bond motifs is 1. The average molecular weight is 430 g/mol. The molecular weight excluding hydrogens is 402 g/mol. The molecule has 0 fully saturated rings. The second kappa shape index (κ2) is 8.60. The fourth-order valence-corrected chi connectivity index (χ4v) is 4.34. The first-order chi connectivity index (χ1) is 15.3. The lowest BCUT2D eigenvalue weighted by Crippen LogP contribution is -2.44. The number of carbonyl (C=O) groups is 2. The second-order valence-corrected chi connectivity index (χ2v) is 8.96. The van der Waals surface area contributed by atoms with Crippen LogP contribution < -0.4 is 5.32 Å². The Labute approximate surface area is 188 Å². The molecule has 32 heavy (non-hydrogen) atoms. The molecule has 0 aliphatic carbocycles. The van der Waals surface area contributed by atoms with E-state index in [0.29, 0.717) is 23.1 Å². The van der Waals surface area contributed by atoms with E-state index in [2.05, 4.69) is 31.3 Å². The number of hydrogen-bond donors (Lipinski definition) is 2. The minimum Gasteiger partial charge on any atom is -0.457 e. The van der Waals surface area contributed by atoms with Gasteiger partial charge in [-0.3, -0.25) is 4.79 Å². The van der Waals surface area contributed by atoms with Crippen LogP contribution in [0.1, 0.15) is 57.7 Å². The maximum Gasteiger partial charge on any atom is 0.338 e. The van der Waals surface area contributed by atoms with Crippen molar-refractivity contribution in [3.8, 4) is 0 Å². The molecule has 0 bridgehead atoms. The van der Waals surface area contributed by atoms with E-state index in [1.54, 1.807) is 18.2 Å². The first kappa shape index (κ1) is 21.8. The van der Waals surface area contributed by atoms with Gasteiger partial charge in [-0.15, -0.1) is 0 Å². The lowest BCUT2D eigenvalue weighted by atomic mass is 9.73. The Morgan fingerprint density at radius 2 is 1.59 bits per heavy atom. The van der Waals surface area contributed by atoms with E-state index in [9.17, 15) is 14.7 Å². The molecule has 0 spiro atoms. The van der Waals surface area contributed by atoms with Gasteiger partial charge in [0.25, 0.3) is 5.91 Å². The summed E-state index contributed by atoms with van der Waals surface area (Å²) in [5.74, 6) is -0.674. The molecule has 0 saturated carbocycles. The van der Waals surface area contributed by atoms with Gasteiger partial charge in [-0.1, -0.05) is 74.5 Å². The highest BCUT2D eigenvalue weighted by Gasteiger charge is 2.37. The van der Waals surface area contributed by atoms with E-state index >= 15 is 0 Å². The van der Waals surface area contributed by atoms with Crippen LogP contribution in [0.4, 0.5) is 0 Å². The highest BCUT2D eigenvalue weighted by atomic mass is 16.5. The molecule has 3 aromatic rings. The Morgan fingerprint density at radius 1 is 0.969 bits per heavy atom. The van der Waals surface area contributed by atoms with Crippen molar-refractivity contribution in [2.45, 2.75) is 37.9 Å². The average Bonchev–Trinajstić information content (AvgIpc) is 3.18. The minimum atomic E-state index is -1.27. The normalized spacial score (nSPS) is 14.9. The first-order valence-electron chi connectivity index (χ1n) is 10.7. The number of benzene rings is 3. The zero-order valence-electron chi connectivity index (χ0n) is 18.3. The Bertz CT molecular complexity index is 1120. The van der Waals surface area contributed by atoms with Gasteiger partial charge in [0, 0.05) is 11.1 Å². The van der Waals surface area contributed by atoms with Crippen LogP contribution in [0.2, 0.25) is 0 Å². The van der Waals surface area contributed by atoms with Gasteiger partial charge in [0.05, 0.1) is 12.1 Å². The van der Waals surface area contributed by atoms with Crippen molar-refractivity contribution in [2.75, 3.05) is 6.54 Å². The molecule has 1 amide bonds. The minimum absolute atomic E-state index is 0.0542. The van der Waals surface area contributed by atoms with Crippen molar-refractivity contribution in [2.24, 2.45) is 0 Å². The van der Waals surface area contributed by atoms with Gasteiger partial charge in [-0.2, -0.15) is 0 Å². The molecule has 5 heteroatoms. The zero-order valence-corrected chi connectivity index (χ0v) is 18.3. The number of ether oxygens (including phenoxy) is 1. The highest BCUT2D eigenvalue weighted by Crippen LogP contribution is 2.37. The van der Waals surface area contributed by atoms with Crippen molar-refractivity contribution < 1.29 is 19.4 Å². The van der Waals surface area contributed by atoms with Crippen LogP contribution in [-0.4, -0.2) is 23.5 Å². The third kappa shape index (κ3) is 4.43. The van der Waals surface area contributed by atoms with Gasteiger partial charge in [0.1, 0.15) is 12.2 Å². The summed E-state index contributed by atoms with van der Waals surface area (Å²) in [4.78, 5) is 24.5. The second-order valence-electron chi connectivity index (χ2n) is 8.96. The molecule has 4 rings (SSSR count). The number of hydrogen-bond acceptors (Lipinski definition) is 4. The molecule has 1 heterocycles. The molecule has 0 saturated heterocycles. The summed E-state index contributed by atoms with van der Waals surface area (Å²) in [7, 11) is 0. The summed E-state index contributed by atoms with van der Waals surface area (Å²) in [5, 5.41) is 14.7. The van der Waals surface area contributed by atoms with Gasteiger partial charge in [0.15, 0.2) is 0 Å². The Kier molecular flexibility index (Phi) is 5.85. The lowest BCUT2D eigenvalue weighted by molar-refractivity contribution is 0.00914. The van der Waals surface area contributed by atoms with Gasteiger partial charge in [-0.05, 0) is 41.2 Å². The number of nitrogens with one attached hydrogen (secondary N) is 1. The number of aliphatic hydroxyl groups is 1. The van der Waals surface area contributed by atoms with E-state index in [1.165, 1.54) is 0 Å². The van der Waals surface area contributed by atoms with Gasteiger partial charge < -0.3 is 15.2 Å². The van der Waals surface area contributed by atoms with Crippen LogP contribution in [0.15, 0.2) is 78.9 Å². The predicted molar refractivity (Wildman–Crippen MR) is 122 cm³/mol. The SMILES string of the molecule is CC(C)(CC(O)(CNC(=O)c1ccc2c(c1)COC2=O)c1ccccc1)c1ccccc1. The number of carbonyl (C=O) groups excluding carboxylic acids is 2. The van der Waals surface area contributed by atoms with E-state index < -0.39 is 5.60 Å². The van der Waals surface area contributed by atoms with Crippen LogP contribution >= 0.6 is 0 Å². The molecule has 0 radical (unpaired) electrons. The van der Waals surface area contributed by atoms with Crippen LogP contribution in [0.5, 0.6) is 0 Å². The third-order valence-corrected chi connectivity index (χ3v) is 6.09. The molecule has 1 atom stereocenters. The number of rotatable bonds is 7. The van der Waals surface area contributed by atoms with E-state index in [-0.39, 0.29) is 30.4 Å². The van der Waals surface area contributed by atoms with Crippen molar-refractivity contribution in [3.63, 3.8) is 0 Å². The van der Waals surface area contributed by atoms with E-state index in [1.807, 2.05) is 48.5 Å². The van der Waals surface area contributed by atoms with Gasteiger partial charge in [-0.25, -0.2) is 4.79 Å². The molecule has 1 unspecified atom stereocenters. The van der Waals surface area contributed by atoms with Gasteiger partial charge in [0.2, 0.25) is 0 Å². The highest BCUT2D eigenvalue weighted by molar-refractivity contribution is 5.98. The summed E-state index contributed by atoms with van der Waals surface area (Å²) < 4.78 is 5.02. The third-order valence-electron chi connectivity index (χ3n) is 6.09. The predicted octanol–water partition coefficient (Wildman–Crippen LogP) is 4.34.